The highest BCUT2D eigenvalue weighted by Gasteiger charge is 2.25. The summed E-state index contributed by atoms with van der Waals surface area (Å²) < 4.78 is 0. The van der Waals surface area contributed by atoms with Gasteiger partial charge >= 0.3 is 0 Å². The number of rotatable bonds is 5. The van der Waals surface area contributed by atoms with Crippen LogP contribution in [-0.2, 0) is 6.54 Å². The lowest BCUT2D eigenvalue weighted by atomic mass is 10.1. The molecule has 0 aliphatic carbocycles. The van der Waals surface area contributed by atoms with E-state index >= 15 is 0 Å². The van der Waals surface area contributed by atoms with E-state index in [9.17, 15) is 19.7 Å². The minimum atomic E-state index is -0.463. The number of piperazine rings is 1. The highest BCUT2D eigenvalue weighted by molar-refractivity contribution is 7.13. The maximum Gasteiger partial charge on any atom is 0.273 e. The quantitative estimate of drug-likeness (QED) is 0.532. The third-order valence-corrected chi connectivity index (χ3v) is 6.24. The Balaban J connectivity index is 1.61. The summed E-state index contributed by atoms with van der Waals surface area (Å²) in [6.07, 6.45) is 0. The van der Waals surface area contributed by atoms with Crippen molar-refractivity contribution in [3.63, 3.8) is 0 Å². The fraction of sp³-hybridized carbons (Fsp3) is 0.450. The Labute approximate surface area is 179 Å². The van der Waals surface area contributed by atoms with Gasteiger partial charge in [-0.15, -0.1) is 11.3 Å². The molecule has 0 atom stereocenters. The molecule has 160 valence electrons. The largest absolute Gasteiger partial charge is 0.344 e. The van der Waals surface area contributed by atoms with Gasteiger partial charge in [-0.1, -0.05) is 6.07 Å². The van der Waals surface area contributed by atoms with Gasteiger partial charge in [-0.05, 0) is 19.9 Å². The van der Waals surface area contributed by atoms with Crippen molar-refractivity contribution in [1.29, 1.82) is 0 Å². The standard InChI is InChI=1S/C20H25N5O4S/c1-13-5-6-15(11-16(13)25(28)29)19(26)24-9-7-23(8-10-24)12-17-21-14(2)18(30-17)20(27)22(3)4/h5-6,11H,7-10,12H2,1-4H3. The summed E-state index contributed by atoms with van der Waals surface area (Å²) in [5, 5.41) is 12.0. The minimum Gasteiger partial charge on any atom is -0.344 e. The van der Waals surface area contributed by atoms with Crippen LogP contribution in [0.25, 0.3) is 0 Å². The van der Waals surface area contributed by atoms with Crippen molar-refractivity contribution < 1.29 is 14.5 Å². The summed E-state index contributed by atoms with van der Waals surface area (Å²) in [5.41, 5.74) is 1.57. The van der Waals surface area contributed by atoms with Crippen LogP contribution in [0.3, 0.4) is 0 Å². The molecule has 1 aliphatic rings. The predicted octanol–water partition coefficient (Wildman–Crippen LogP) is 2.33. The van der Waals surface area contributed by atoms with Gasteiger partial charge in [0.2, 0.25) is 0 Å². The van der Waals surface area contributed by atoms with Crippen molar-refractivity contribution in [3.8, 4) is 0 Å². The van der Waals surface area contributed by atoms with Crippen LogP contribution < -0.4 is 0 Å². The second-order valence-electron chi connectivity index (χ2n) is 7.55. The molecule has 0 spiro atoms. The first kappa shape index (κ1) is 21.8. The second kappa shape index (κ2) is 8.88. The number of nitrogens with zero attached hydrogens (tertiary/aromatic N) is 5. The van der Waals surface area contributed by atoms with Crippen LogP contribution in [0.1, 0.15) is 36.3 Å². The van der Waals surface area contributed by atoms with Crippen LogP contribution in [0.15, 0.2) is 18.2 Å². The van der Waals surface area contributed by atoms with E-state index in [-0.39, 0.29) is 17.5 Å². The number of amides is 2. The predicted molar refractivity (Wildman–Crippen MR) is 114 cm³/mol. The van der Waals surface area contributed by atoms with E-state index in [0.29, 0.717) is 48.7 Å². The van der Waals surface area contributed by atoms with Gasteiger partial charge in [0.25, 0.3) is 17.5 Å². The minimum absolute atomic E-state index is 0.0401. The van der Waals surface area contributed by atoms with E-state index in [1.807, 2.05) is 6.92 Å². The van der Waals surface area contributed by atoms with Crippen molar-refractivity contribution in [2.75, 3.05) is 40.3 Å². The Morgan fingerprint density at radius 2 is 1.87 bits per heavy atom. The lowest BCUT2D eigenvalue weighted by Gasteiger charge is -2.34. The molecule has 30 heavy (non-hydrogen) atoms. The van der Waals surface area contributed by atoms with Crippen molar-refractivity contribution in [3.05, 3.63) is 55.0 Å². The Bertz CT molecular complexity index is 980. The van der Waals surface area contributed by atoms with Gasteiger partial charge in [0.05, 0.1) is 17.2 Å². The van der Waals surface area contributed by atoms with Gasteiger partial charge in [0.1, 0.15) is 9.88 Å². The normalized spacial score (nSPS) is 14.6. The van der Waals surface area contributed by atoms with Gasteiger partial charge in [0.15, 0.2) is 0 Å². The highest BCUT2D eigenvalue weighted by atomic mass is 32.1. The topological polar surface area (TPSA) is 99.9 Å². The molecule has 2 aromatic rings. The van der Waals surface area contributed by atoms with Crippen molar-refractivity contribution >= 4 is 28.8 Å². The van der Waals surface area contributed by atoms with Crippen LogP contribution in [0.5, 0.6) is 0 Å². The van der Waals surface area contributed by atoms with Crippen LogP contribution >= 0.6 is 11.3 Å². The van der Waals surface area contributed by atoms with Crippen molar-refractivity contribution in [1.82, 2.24) is 19.7 Å². The molecule has 1 fully saturated rings. The van der Waals surface area contributed by atoms with Gasteiger partial charge in [-0.2, -0.15) is 0 Å². The van der Waals surface area contributed by atoms with Crippen LogP contribution in [0.2, 0.25) is 0 Å². The van der Waals surface area contributed by atoms with E-state index in [0.717, 1.165) is 10.7 Å². The Morgan fingerprint density at radius 1 is 1.20 bits per heavy atom. The lowest BCUT2D eigenvalue weighted by Crippen LogP contribution is -2.48. The Hall–Kier alpha value is -2.85. The third-order valence-electron chi connectivity index (χ3n) is 5.11. The molecule has 0 N–H and O–H groups in total. The second-order valence-corrected chi connectivity index (χ2v) is 8.63. The number of hydrogen-bond acceptors (Lipinski definition) is 7. The lowest BCUT2D eigenvalue weighted by molar-refractivity contribution is -0.385. The summed E-state index contributed by atoms with van der Waals surface area (Å²) in [6, 6.07) is 4.60. The molecule has 1 aromatic carbocycles. The zero-order valence-electron chi connectivity index (χ0n) is 17.5. The third kappa shape index (κ3) is 4.65. The summed E-state index contributed by atoms with van der Waals surface area (Å²) in [6.45, 7) is 6.55. The number of carbonyl (C=O) groups is 2. The number of carbonyl (C=O) groups excluding carboxylic acids is 2. The fourth-order valence-corrected chi connectivity index (χ4v) is 4.47. The van der Waals surface area contributed by atoms with Crippen LogP contribution in [-0.4, -0.2) is 76.7 Å². The highest BCUT2D eigenvalue weighted by Crippen LogP contribution is 2.23. The molecule has 2 amide bonds. The van der Waals surface area contributed by atoms with E-state index in [1.165, 1.54) is 17.4 Å². The SMILES string of the molecule is Cc1ccc(C(=O)N2CCN(Cc3nc(C)c(C(=O)N(C)C)s3)CC2)cc1[N+](=O)[O-]. The number of benzene rings is 1. The number of aromatic nitrogens is 1. The van der Waals surface area contributed by atoms with Gasteiger partial charge in [-0.3, -0.25) is 24.6 Å². The molecule has 10 heteroatoms. The molecule has 3 rings (SSSR count). The number of nitro benzene ring substituents is 1. The molecular formula is C20H25N5O4S. The van der Waals surface area contributed by atoms with Gasteiger partial charge in [-0.25, -0.2) is 4.98 Å². The summed E-state index contributed by atoms with van der Waals surface area (Å²) >= 11 is 1.41. The molecule has 0 saturated carbocycles. The zero-order valence-corrected chi connectivity index (χ0v) is 18.4. The molecule has 0 bridgehead atoms. The molecular weight excluding hydrogens is 406 g/mol. The first-order chi connectivity index (χ1) is 14.2. The van der Waals surface area contributed by atoms with Crippen molar-refractivity contribution in [2.24, 2.45) is 0 Å². The maximum absolute atomic E-state index is 12.8. The number of aryl methyl sites for hydroxylation is 2. The number of hydrogen-bond donors (Lipinski definition) is 0. The van der Waals surface area contributed by atoms with E-state index in [4.69, 9.17) is 0 Å². The van der Waals surface area contributed by atoms with Gasteiger partial charge < -0.3 is 9.80 Å². The molecule has 0 unspecified atom stereocenters. The fourth-order valence-electron chi connectivity index (χ4n) is 3.34. The molecule has 1 saturated heterocycles. The Kier molecular flexibility index (Phi) is 6.47. The Morgan fingerprint density at radius 3 is 2.47 bits per heavy atom. The molecule has 9 nitrogen and oxygen atoms in total. The first-order valence-corrected chi connectivity index (χ1v) is 10.4. The zero-order chi connectivity index (χ0) is 22.0. The average Bonchev–Trinajstić information content (AvgIpc) is 3.07. The summed E-state index contributed by atoms with van der Waals surface area (Å²) in [4.78, 5) is 46.3. The average molecular weight is 432 g/mol. The summed E-state index contributed by atoms with van der Waals surface area (Å²) in [5.74, 6) is -0.236. The monoisotopic (exact) mass is 431 g/mol. The molecule has 2 heterocycles. The van der Waals surface area contributed by atoms with E-state index in [2.05, 4.69) is 9.88 Å². The van der Waals surface area contributed by atoms with Crippen LogP contribution in [0.4, 0.5) is 5.69 Å². The first-order valence-electron chi connectivity index (χ1n) is 9.62. The molecule has 0 radical (unpaired) electrons. The number of nitro groups is 1. The number of thiazole rings is 1. The van der Waals surface area contributed by atoms with E-state index in [1.54, 1.807) is 43.0 Å². The molecule has 1 aliphatic heterocycles. The maximum atomic E-state index is 12.8. The van der Waals surface area contributed by atoms with E-state index < -0.39 is 4.92 Å². The van der Waals surface area contributed by atoms with Crippen LogP contribution in [0, 0.1) is 24.0 Å². The van der Waals surface area contributed by atoms with Crippen molar-refractivity contribution in [2.45, 2.75) is 20.4 Å². The summed E-state index contributed by atoms with van der Waals surface area (Å²) in [7, 11) is 3.44. The molecule has 1 aromatic heterocycles. The van der Waals surface area contributed by atoms with Gasteiger partial charge in [0, 0.05) is 57.5 Å². The smallest absolute Gasteiger partial charge is 0.273 e.